The van der Waals surface area contributed by atoms with Crippen LogP contribution in [0.1, 0.15) is 26.2 Å². The second-order valence-corrected chi connectivity index (χ2v) is 8.97. The lowest BCUT2D eigenvalue weighted by Crippen LogP contribution is -2.11. The topological polar surface area (TPSA) is 112 Å². The van der Waals surface area contributed by atoms with E-state index < -0.39 is 0 Å². The van der Waals surface area contributed by atoms with Gasteiger partial charge in [-0.2, -0.15) is 5.10 Å². The Balaban J connectivity index is 1.37. The molecule has 3 N–H and O–H groups in total. The molecule has 5 aromatic heterocycles. The zero-order chi connectivity index (χ0) is 25.2. The molecule has 6 aromatic rings. The van der Waals surface area contributed by atoms with E-state index >= 15 is 0 Å². The number of amides is 1. The van der Waals surface area contributed by atoms with Crippen LogP contribution < -0.4 is 5.32 Å². The van der Waals surface area contributed by atoms with Gasteiger partial charge in [-0.05, 0) is 42.8 Å². The maximum absolute atomic E-state index is 12.2. The van der Waals surface area contributed by atoms with Gasteiger partial charge in [0.2, 0.25) is 5.91 Å². The van der Waals surface area contributed by atoms with Crippen LogP contribution in [-0.4, -0.2) is 36.0 Å². The summed E-state index contributed by atoms with van der Waals surface area (Å²) in [6, 6.07) is 18.1. The summed E-state index contributed by atoms with van der Waals surface area (Å²) in [4.78, 5) is 29.1. The maximum atomic E-state index is 12.2. The van der Waals surface area contributed by atoms with Crippen LogP contribution in [0.4, 0.5) is 5.69 Å². The molecule has 8 nitrogen and oxygen atoms in total. The first-order valence-corrected chi connectivity index (χ1v) is 12.3. The smallest absolute Gasteiger partial charge is 0.224 e. The first-order chi connectivity index (χ1) is 18.2. The lowest BCUT2D eigenvalue weighted by Gasteiger charge is -2.07. The van der Waals surface area contributed by atoms with Crippen molar-refractivity contribution >= 4 is 33.4 Å². The molecule has 0 spiro atoms. The van der Waals surface area contributed by atoms with Crippen LogP contribution >= 0.6 is 0 Å². The zero-order valence-corrected chi connectivity index (χ0v) is 20.3. The van der Waals surface area contributed by atoms with E-state index in [0.29, 0.717) is 12.1 Å². The maximum Gasteiger partial charge on any atom is 0.224 e. The SMILES string of the molecule is CCCCC(=O)Nc1cncc(-c2cc3c(-c4cc5c(-c6ccccn6)cccc5[nH]4)n[nH]c3cn2)c1. The number of fused-ring (bicyclic) bond motifs is 2. The van der Waals surface area contributed by atoms with Gasteiger partial charge >= 0.3 is 0 Å². The molecule has 1 aromatic carbocycles. The van der Waals surface area contributed by atoms with Gasteiger partial charge in [-0.15, -0.1) is 0 Å². The summed E-state index contributed by atoms with van der Waals surface area (Å²) in [5, 5.41) is 12.6. The lowest BCUT2D eigenvalue weighted by atomic mass is 10.1. The molecule has 8 heteroatoms. The summed E-state index contributed by atoms with van der Waals surface area (Å²) in [7, 11) is 0. The molecule has 0 atom stereocenters. The van der Waals surface area contributed by atoms with Crippen molar-refractivity contribution in [2.75, 3.05) is 5.32 Å². The van der Waals surface area contributed by atoms with Gasteiger partial charge in [-0.25, -0.2) is 0 Å². The van der Waals surface area contributed by atoms with Crippen molar-refractivity contribution in [1.29, 1.82) is 0 Å². The number of aromatic amines is 2. The Morgan fingerprint density at radius 2 is 1.86 bits per heavy atom. The highest BCUT2D eigenvalue weighted by Gasteiger charge is 2.15. The van der Waals surface area contributed by atoms with Crippen LogP contribution in [0.5, 0.6) is 0 Å². The molecular weight excluding hydrogens is 462 g/mol. The van der Waals surface area contributed by atoms with Crippen molar-refractivity contribution < 1.29 is 4.79 Å². The van der Waals surface area contributed by atoms with Crippen molar-refractivity contribution in [3.63, 3.8) is 0 Å². The average Bonchev–Trinajstić information content (AvgIpc) is 3.56. The van der Waals surface area contributed by atoms with E-state index in [9.17, 15) is 4.79 Å². The largest absolute Gasteiger partial charge is 0.353 e. The first-order valence-electron chi connectivity index (χ1n) is 12.3. The van der Waals surface area contributed by atoms with Crippen LogP contribution in [0, 0.1) is 0 Å². The van der Waals surface area contributed by atoms with Crippen molar-refractivity contribution in [3.05, 3.63) is 79.4 Å². The molecule has 0 saturated heterocycles. The lowest BCUT2D eigenvalue weighted by molar-refractivity contribution is -0.116. The number of anilines is 1. The molecular formula is C29H25N7O. The number of unbranched alkanes of at least 4 members (excludes halogenated alkanes) is 1. The summed E-state index contributed by atoms with van der Waals surface area (Å²) in [6.07, 6.45) is 9.31. The van der Waals surface area contributed by atoms with E-state index in [4.69, 9.17) is 0 Å². The second-order valence-electron chi connectivity index (χ2n) is 8.97. The summed E-state index contributed by atoms with van der Waals surface area (Å²) >= 11 is 0. The van der Waals surface area contributed by atoms with E-state index in [2.05, 4.69) is 60.6 Å². The number of pyridine rings is 3. The summed E-state index contributed by atoms with van der Waals surface area (Å²) in [6.45, 7) is 2.07. The van der Waals surface area contributed by atoms with Crippen molar-refractivity contribution in [2.45, 2.75) is 26.2 Å². The average molecular weight is 488 g/mol. The van der Waals surface area contributed by atoms with Gasteiger partial charge in [0.1, 0.15) is 5.69 Å². The Labute approximate surface area is 213 Å². The van der Waals surface area contributed by atoms with E-state index in [1.807, 2.05) is 36.4 Å². The third-order valence-corrected chi connectivity index (χ3v) is 6.38. The predicted octanol–water partition coefficient (Wildman–Crippen LogP) is 6.36. The van der Waals surface area contributed by atoms with Crippen LogP contribution in [0.3, 0.4) is 0 Å². The van der Waals surface area contributed by atoms with Crippen molar-refractivity contribution in [3.8, 4) is 33.9 Å². The number of nitrogens with one attached hydrogen (secondary N) is 3. The summed E-state index contributed by atoms with van der Waals surface area (Å²) in [5.74, 6) is -0.00906. The molecule has 182 valence electrons. The minimum Gasteiger partial charge on any atom is -0.353 e. The Bertz CT molecular complexity index is 1720. The molecule has 0 aliphatic carbocycles. The Hall–Kier alpha value is -4.85. The first kappa shape index (κ1) is 22.6. The fourth-order valence-electron chi connectivity index (χ4n) is 4.52. The Morgan fingerprint density at radius 3 is 2.73 bits per heavy atom. The molecule has 0 unspecified atom stereocenters. The quantitative estimate of drug-likeness (QED) is 0.243. The van der Waals surface area contributed by atoms with E-state index in [1.165, 1.54) is 0 Å². The summed E-state index contributed by atoms with van der Waals surface area (Å²) < 4.78 is 0. The number of aromatic nitrogens is 6. The van der Waals surface area contributed by atoms with Crippen LogP contribution in [0.15, 0.2) is 79.4 Å². The fraction of sp³-hybridized carbons (Fsp3) is 0.138. The van der Waals surface area contributed by atoms with Gasteiger partial charge in [0.05, 0.1) is 40.7 Å². The normalized spacial score (nSPS) is 11.3. The van der Waals surface area contributed by atoms with E-state index in [-0.39, 0.29) is 5.91 Å². The Morgan fingerprint density at radius 1 is 0.919 bits per heavy atom. The number of nitrogens with zero attached hydrogens (tertiary/aromatic N) is 4. The molecule has 0 aliphatic heterocycles. The van der Waals surface area contributed by atoms with Gasteiger partial charge < -0.3 is 10.3 Å². The number of H-pyrrole nitrogens is 2. The van der Waals surface area contributed by atoms with Crippen molar-refractivity contribution in [2.24, 2.45) is 0 Å². The van der Waals surface area contributed by atoms with Crippen LogP contribution in [0.25, 0.3) is 55.7 Å². The van der Waals surface area contributed by atoms with Gasteiger partial charge in [0, 0.05) is 46.2 Å². The highest BCUT2D eigenvalue weighted by Crippen LogP contribution is 2.34. The van der Waals surface area contributed by atoms with Gasteiger partial charge in [-0.1, -0.05) is 31.5 Å². The van der Waals surface area contributed by atoms with E-state index in [0.717, 1.165) is 68.6 Å². The van der Waals surface area contributed by atoms with Gasteiger partial charge in [0.15, 0.2) is 0 Å². The number of rotatable bonds is 7. The monoisotopic (exact) mass is 487 g/mol. The number of carbonyl (C=O) groups is 1. The van der Waals surface area contributed by atoms with E-state index in [1.54, 1.807) is 24.8 Å². The van der Waals surface area contributed by atoms with Gasteiger partial charge in [0.25, 0.3) is 0 Å². The molecule has 0 radical (unpaired) electrons. The highest BCUT2D eigenvalue weighted by atomic mass is 16.1. The predicted molar refractivity (Wildman–Crippen MR) is 146 cm³/mol. The third kappa shape index (κ3) is 4.45. The van der Waals surface area contributed by atoms with Crippen LogP contribution in [-0.2, 0) is 4.79 Å². The standard InChI is InChI=1S/C29H25N7O/c1-2-3-10-28(37)33-19-12-18(15-30-16-19)25-14-22-27(17-32-25)35-36-29(22)26-13-21-20(7-6-9-24(21)34-26)23-8-4-5-11-31-23/h4-9,11-17,34H,2-3,10H2,1H3,(H,33,37)(H,35,36). The molecule has 37 heavy (non-hydrogen) atoms. The number of benzene rings is 1. The molecule has 6 rings (SSSR count). The molecule has 0 saturated carbocycles. The van der Waals surface area contributed by atoms with Crippen molar-refractivity contribution in [1.82, 2.24) is 30.1 Å². The molecule has 0 bridgehead atoms. The molecule has 1 amide bonds. The second kappa shape index (κ2) is 9.66. The molecule has 5 heterocycles. The molecule has 0 fully saturated rings. The third-order valence-electron chi connectivity index (χ3n) is 6.38. The summed E-state index contributed by atoms with van der Waals surface area (Å²) in [5.41, 5.74) is 7.76. The minimum atomic E-state index is -0.00906. The zero-order valence-electron chi connectivity index (χ0n) is 20.3. The Kier molecular flexibility index (Phi) is 5.90. The highest BCUT2D eigenvalue weighted by molar-refractivity contribution is 6.01. The molecule has 0 aliphatic rings. The number of hydrogen-bond acceptors (Lipinski definition) is 5. The minimum absolute atomic E-state index is 0.00906. The number of hydrogen-bond donors (Lipinski definition) is 3. The fourth-order valence-corrected chi connectivity index (χ4v) is 4.52. The van der Waals surface area contributed by atoms with Gasteiger partial charge in [-0.3, -0.25) is 24.8 Å². The number of carbonyl (C=O) groups excluding carboxylic acids is 1. The van der Waals surface area contributed by atoms with Crippen LogP contribution in [0.2, 0.25) is 0 Å².